The van der Waals surface area contributed by atoms with Crippen LogP contribution in [0.5, 0.6) is 0 Å². The molecule has 2 atom stereocenters. The molecule has 4 amide bonds. The van der Waals surface area contributed by atoms with Gasteiger partial charge in [-0.3, -0.25) is 28.8 Å². The molecule has 0 aliphatic rings. The molecule has 8 N–H and O–H groups in total. The first-order valence-electron chi connectivity index (χ1n) is 19.7. The number of nitrogens with two attached hydrogens (primary N) is 1. The van der Waals surface area contributed by atoms with Crippen LogP contribution in [0, 0.1) is 0 Å². The number of halogens is 1. The summed E-state index contributed by atoms with van der Waals surface area (Å²) in [5, 5.41) is 28.5. The first-order valence-corrected chi connectivity index (χ1v) is 19.7. The average molecular weight is 808 g/mol. The smallest absolute Gasteiger partial charge is 0.326 e. The molecule has 0 saturated heterocycles. The van der Waals surface area contributed by atoms with Crippen molar-refractivity contribution in [1.29, 1.82) is 0 Å². The summed E-state index contributed by atoms with van der Waals surface area (Å²) in [6.07, 6.45) is 11.2. The van der Waals surface area contributed by atoms with Gasteiger partial charge in [0.1, 0.15) is 19.3 Å². The van der Waals surface area contributed by atoms with E-state index < -0.39 is 30.1 Å². The Labute approximate surface area is 329 Å². The zero-order valence-corrected chi connectivity index (χ0v) is 32.8. The molecule has 0 rings (SSSR count). The van der Waals surface area contributed by atoms with Crippen LogP contribution in [-0.4, -0.2) is 136 Å². The Hall–Kier alpha value is -3.78. The van der Waals surface area contributed by atoms with Crippen molar-refractivity contribution in [2.24, 2.45) is 5.73 Å². The van der Waals surface area contributed by atoms with E-state index in [0.717, 1.165) is 57.8 Å². The Morgan fingerprint density at radius 2 is 0.964 bits per heavy atom. The quantitative estimate of drug-likeness (QED) is 0.0342. The number of carboxylic acids is 2. The maximum absolute atomic E-state index is 12.4. The summed E-state index contributed by atoms with van der Waals surface area (Å²) in [6, 6.07) is -3.82. The molecule has 0 radical (unpaired) electrons. The van der Waals surface area contributed by atoms with Crippen LogP contribution in [0.1, 0.15) is 109 Å². The van der Waals surface area contributed by atoms with Gasteiger partial charge in [-0.15, -0.1) is 0 Å². The SMILES string of the molecule is N[C@@H](CCCCNC(=O)COCCOCCNC(=O)COCCOCCNC(=O)CC[C@H](NC(=O)CCCCCCCCCCCCC(=O)O)C(=O)O)C(=O)F. The van der Waals surface area contributed by atoms with Gasteiger partial charge < -0.3 is 56.2 Å². The number of rotatable bonds is 40. The minimum atomic E-state index is -1.55. The third kappa shape index (κ3) is 35.9. The van der Waals surface area contributed by atoms with E-state index in [1.165, 1.54) is 0 Å². The number of carbonyl (C=O) groups is 7. The van der Waals surface area contributed by atoms with E-state index in [1.807, 2.05) is 0 Å². The van der Waals surface area contributed by atoms with E-state index in [-0.39, 0.29) is 122 Å². The molecule has 19 heteroatoms. The van der Waals surface area contributed by atoms with Crippen molar-refractivity contribution in [2.75, 3.05) is 72.5 Å². The van der Waals surface area contributed by atoms with Crippen molar-refractivity contribution in [3.8, 4) is 0 Å². The zero-order chi connectivity index (χ0) is 41.7. The third-order valence-electron chi connectivity index (χ3n) is 8.24. The molecular formula is C37H66FN5O13. The number of carbonyl (C=O) groups excluding carboxylic acids is 5. The topological polar surface area (TPSA) is 271 Å². The molecule has 0 aromatic carbocycles. The van der Waals surface area contributed by atoms with E-state index in [2.05, 4.69) is 21.3 Å². The second-order valence-electron chi connectivity index (χ2n) is 13.2. The van der Waals surface area contributed by atoms with Crippen molar-refractivity contribution >= 4 is 41.6 Å². The Morgan fingerprint density at radius 3 is 1.46 bits per heavy atom. The van der Waals surface area contributed by atoms with Gasteiger partial charge in [-0.2, -0.15) is 4.39 Å². The molecule has 18 nitrogen and oxygen atoms in total. The number of ether oxygens (including phenoxy) is 4. The highest BCUT2D eigenvalue weighted by molar-refractivity contribution is 5.84. The summed E-state index contributed by atoms with van der Waals surface area (Å²) in [6.45, 7) is 1.62. The first-order chi connectivity index (χ1) is 26.9. The lowest BCUT2D eigenvalue weighted by Crippen LogP contribution is -2.41. The summed E-state index contributed by atoms with van der Waals surface area (Å²) in [4.78, 5) is 80.4. The maximum atomic E-state index is 12.4. The molecule has 0 aromatic rings. The van der Waals surface area contributed by atoms with Gasteiger partial charge in [0.25, 0.3) is 0 Å². The monoisotopic (exact) mass is 807 g/mol. The van der Waals surface area contributed by atoms with E-state index in [9.17, 15) is 43.1 Å². The molecule has 0 aliphatic carbocycles. The van der Waals surface area contributed by atoms with Crippen molar-refractivity contribution in [1.82, 2.24) is 21.3 Å². The second kappa shape index (κ2) is 36.8. The van der Waals surface area contributed by atoms with Gasteiger partial charge in [-0.25, -0.2) is 4.79 Å². The van der Waals surface area contributed by atoms with Gasteiger partial charge in [0.15, 0.2) is 0 Å². The fraction of sp³-hybridized carbons (Fsp3) is 0.811. The highest BCUT2D eigenvalue weighted by Crippen LogP contribution is 2.12. The summed E-state index contributed by atoms with van der Waals surface area (Å²) in [5.41, 5.74) is 5.29. The Morgan fingerprint density at radius 1 is 0.500 bits per heavy atom. The number of amides is 4. The molecule has 0 heterocycles. The van der Waals surface area contributed by atoms with Crippen molar-refractivity contribution in [3.05, 3.63) is 0 Å². The minimum Gasteiger partial charge on any atom is -0.481 e. The highest BCUT2D eigenvalue weighted by atomic mass is 19.1. The van der Waals surface area contributed by atoms with Crippen molar-refractivity contribution in [3.63, 3.8) is 0 Å². The lowest BCUT2D eigenvalue weighted by atomic mass is 10.0. The predicted molar refractivity (Wildman–Crippen MR) is 202 cm³/mol. The molecule has 324 valence electrons. The standard InChI is InChI=1S/C37H66FN5O13/c38-36(50)29(39)13-11-12-18-40-33(46)27-55-25-24-54-22-20-42-34(47)28-56-26-23-53-21-19-41-31(44)17-16-30(37(51)52)43-32(45)14-9-7-5-3-1-2-4-6-8-10-15-35(48)49/h29-30H,1-28,39H2,(H,40,46)(H,41,44)(H,42,47)(H,43,45)(H,48,49)(H,51,52)/t29-,30-/m0/s1. The van der Waals surface area contributed by atoms with Crippen LogP contribution in [0.2, 0.25) is 0 Å². The van der Waals surface area contributed by atoms with Gasteiger partial charge in [0.05, 0.1) is 45.7 Å². The summed E-state index contributed by atoms with van der Waals surface area (Å²) in [5.74, 6) is -3.34. The van der Waals surface area contributed by atoms with Gasteiger partial charge in [-0.05, 0) is 38.5 Å². The minimum absolute atomic E-state index is 0.0446. The Bertz CT molecular complexity index is 1120. The maximum Gasteiger partial charge on any atom is 0.326 e. The van der Waals surface area contributed by atoms with Gasteiger partial charge in [0, 0.05) is 38.9 Å². The van der Waals surface area contributed by atoms with Crippen LogP contribution in [-0.2, 0) is 52.5 Å². The number of hydrogen-bond donors (Lipinski definition) is 7. The van der Waals surface area contributed by atoms with Crippen LogP contribution in [0.25, 0.3) is 0 Å². The fourth-order valence-electron chi connectivity index (χ4n) is 5.09. The molecule has 56 heavy (non-hydrogen) atoms. The van der Waals surface area contributed by atoms with Crippen LogP contribution < -0.4 is 27.0 Å². The van der Waals surface area contributed by atoms with Crippen LogP contribution in [0.15, 0.2) is 0 Å². The predicted octanol–water partition coefficient (Wildman–Crippen LogP) is 1.51. The lowest BCUT2D eigenvalue weighted by Gasteiger charge is -2.14. The Balaban J connectivity index is 3.66. The number of unbranched alkanes of at least 4 members (excludes halogenated alkanes) is 10. The van der Waals surface area contributed by atoms with Gasteiger partial charge in [0.2, 0.25) is 23.6 Å². The molecule has 0 saturated carbocycles. The van der Waals surface area contributed by atoms with E-state index in [4.69, 9.17) is 29.8 Å². The first kappa shape index (κ1) is 52.2. The number of hydrogen-bond acceptors (Lipinski definition) is 12. The fourth-order valence-corrected chi connectivity index (χ4v) is 5.09. The number of aliphatic carboxylic acids is 2. The molecule has 0 spiro atoms. The van der Waals surface area contributed by atoms with Gasteiger partial charge in [-0.1, -0.05) is 51.4 Å². The van der Waals surface area contributed by atoms with E-state index in [1.54, 1.807) is 0 Å². The summed E-state index contributed by atoms with van der Waals surface area (Å²) < 4.78 is 33.5. The second-order valence-corrected chi connectivity index (χ2v) is 13.2. The molecule has 0 aliphatic heterocycles. The van der Waals surface area contributed by atoms with Crippen molar-refractivity contribution < 1.29 is 67.1 Å². The Kier molecular flexibility index (Phi) is 34.3. The van der Waals surface area contributed by atoms with E-state index in [0.29, 0.717) is 25.8 Å². The summed E-state index contributed by atoms with van der Waals surface area (Å²) in [7, 11) is 0. The van der Waals surface area contributed by atoms with Crippen LogP contribution in [0.4, 0.5) is 4.39 Å². The van der Waals surface area contributed by atoms with Crippen LogP contribution in [0.3, 0.4) is 0 Å². The third-order valence-corrected chi connectivity index (χ3v) is 8.24. The van der Waals surface area contributed by atoms with Gasteiger partial charge >= 0.3 is 18.0 Å². The molecule has 0 unspecified atom stereocenters. The molecular weight excluding hydrogens is 741 g/mol. The zero-order valence-electron chi connectivity index (χ0n) is 32.8. The molecule has 0 fully saturated rings. The normalized spacial score (nSPS) is 12.0. The van der Waals surface area contributed by atoms with Crippen molar-refractivity contribution in [2.45, 2.75) is 121 Å². The number of nitrogens with one attached hydrogen (secondary N) is 4. The molecule has 0 aromatic heterocycles. The average Bonchev–Trinajstić information content (AvgIpc) is 3.15. The van der Waals surface area contributed by atoms with Crippen LogP contribution >= 0.6 is 0 Å². The largest absolute Gasteiger partial charge is 0.481 e. The number of carboxylic acid groups (broad SMARTS) is 2. The van der Waals surface area contributed by atoms with E-state index >= 15 is 0 Å². The molecule has 0 bridgehead atoms. The lowest BCUT2D eigenvalue weighted by molar-refractivity contribution is -0.142. The highest BCUT2D eigenvalue weighted by Gasteiger charge is 2.21. The summed E-state index contributed by atoms with van der Waals surface area (Å²) >= 11 is 0.